The van der Waals surface area contributed by atoms with E-state index in [2.05, 4.69) is 31.2 Å². The van der Waals surface area contributed by atoms with Crippen LogP contribution in [0, 0.1) is 6.92 Å². The van der Waals surface area contributed by atoms with E-state index in [0.717, 1.165) is 25.7 Å². The van der Waals surface area contributed by atoms with Gasteiger partial charge in [-0.25, -0.2) is 0 Å². The lowest BCUT2D eigenvalue weighted by atomic mass is 9.91. The summed E-state index contributed by atoms with van der Waals surface area (Å²) in [5, 5.41) is 0. The van der Waals surface area contributed by atoms with Crippen LogP contribution in [0.3, 0.4) is 0 Å². The topological polar surface area (TPSA) is 17.1 Å². The van der Waals surface area contributed by atoms with Gasteiger partial charge in [0, 0.05) is 12.8 Å². The van der Waals surface area contributed by atoms with Gasteiger partial charge in [-0.05, 0) is 37.7 Å². The van der Waals surface area contributed by atoms with E-state index in [4.69, 9.17) is 0 Å². The minimum absolute atomic E-state index is 0.449. The van der Waals surface area contributed by atoms with Crippen molar-refractivity contribution in [3.05, 3.63) is 35.4 Å². The van der Waals surface area contributed by atoms with Crippen LogP contribution in [0.1, 0.15) is 49.1 Å². The summed E-state index contributed by atoms with van der Waals surface area (Å²) in [4.78, 5) is 11.3. The summed E-state index contributed by atoms with van der Waals surface area (Å²) < 4.78 is 0. The monoisotopic (exact) mass is 202 g/mol. The largest absolute Gasteiger partial charge is 0.300 e. The van der Waals surface area contributed by atoms with E-state index in [1.165, 1.54) is 17.5 Å². The molecule has 0 aromatic heterocycles. The van der Waals surface area contributed by atoms with Gasteiger partial charge < -0.3 is 0 Å². The number of rotatable bonds is 1. The third-order valence-electron chi connectivity index (χ3n) is 3.29. The molecule has 1 nitrogen and oxygen atoms in total. The molecule has 0 amide bonds. The third kappa shape index (κ3) is 2.68. The molecule has 0 saturated heterocycles. The van der Waals surface area contributed by atoms with Crippen LogP contribution in [0.2, 0.25) is 0 Å². The van der Waals surface area contributed by atoms with Crippen molar-refractivity contribution >= 4 is 5.78 Å². The Balaban J connectivity index is 2.13. The molecule has 80 valence electrons. The smallest absolute Gasteiger partial charge is 0.132 e. The van der Waals surface area contributed by atoms with Gasteiger partial charge >= 0.3 is 0 Å². The van der Waals surface area contributed by atoms with Gasteiger partial charge in [-0.1, -0.05) is 29.8 Å². The number of benzene rings is 1. The maximum absolute atomic E-state index is 11.3. The molecular formula is C14H18O. The van der Waals surface area contributed by atoms with E-state index in [-0.39, 0.29) is 0 Å². The summed E-state index contributed by atoms with van der Waals surface area (Å²) in [5.41, 5.74) is 2.74. The average molecular weight is 202 g/mol. The van der Waals surface area contributed by atoms with Crippen LogP contribution in [0.4, 0.5) is 0 Å². The van der Waals surface area contributed by atoms with E-state index in [9.17, 15) is 4.79 Å². The molecule has 0 heterocycles. The Morgan fingerprint density at radius 1 is 1.20 bits per heavy atom. The van der Waals surface area contributed by atoms with Crippen molar-refractivity contribution in [2.24, 2.45) is 0 Å². The van der Waals surface area contributed by atoms with Gasteiger partial charge in [-0.3, -0.25) is 4.79 Å². The van der Waals surface area contributed by atoms with E-state index >= 15 is 0 Å². The minimum atomic E-state index is 0.449. The summed E-state index contributed by atoms with van der Waals surface area (Å²) in [5.74, 6) is 1.06. The van der Waals surface area contributed by atoms with Crippen LogP contribution in [0.15, 0.2) is 24.3 Å². The van der Waals surface area contributed by atoms with Gasteiger partial charge in [0.2, 0.25) is 0 Å². The molecule has 1 aromatic rings. The number of carbonyl (C=O) groups excluding carboxylic acids is 1. The Morgan fingerprint density at radius 2 is 2.07 bits per heavy atom. The molecule has 1 saturated carbocycles. The van der Waals surface area contributed by atoms with Crippen molar-refractivity contribution in [3.8, 4) is 0 Å². The Kier molecular flexibility index (Phi) is 3.20. The second-order valence-electron chi connectivity index (χ2n) is 4.58. The number of aryl methyl sites for hydroxylation is 1. The highest BCUT2D eigenvalue weighted by molar-refractivity contribution is 5.78. The summed E-state index contributed by atoms with van der Waals surface area (Å²) in [6.45, 7) is 2.13. The first kappa shape index (κ1) is 10.4. The lowest BCUT2D eigenvalue weighted by Gasteiger charge is -2.14. The molecule has 1 aliphatic carbocycles. The van der Waals surface area contributed by atoms with E-state index in [0.29, 0.717) is 11.7 Å². The first-order chi connectivity index (χ1) is 7.25. The Hall–Kier alpha value is -1.11. The van der Waals surface area contributed by atoms with Crippen molar-refractivity contribution in [2.45, 2.75) is 44.9 Å². The zero-order valence-corrected chi connectivity index (χ0v) is 9.33. The maximum atomic E-state index is 11.3. The average Bonchev–Trinajstić information content (AvgIpc) is 2.43. The second-order valence-corrected chi connectivity index (χ2v) is 4.58. The molecule has 1 heteroatoms. The quantitative estimate of drug-likeness (QED) is 0.636. The van der Waals surface area contributed by atoms with Crippen LogP contribution in [-0.4, -0.2) is 5.78 Å². The molecule has 1 atom stereocenters. The summed E-state index contributed by atoms with van der Waals surface area (Å²) in [6, 6.07) is 8.72. The Bertz CT molecular complexity index is 354. The van der Waals surface area contributed by atoms with E-state index < -0.39 is 0 Å². The fourth-order valence-corrected chi connectivity index (χ4v) is 2.41. The van der Waals surface area contributed by atoms with Gasteiger partial charge in [0.15, 0.2) is 0 Å². The molecule has 0 spiro atoms. The molecule has 1 aliphatic rings. The molecule has 2 rings (SSSR count). The summed E-state index contributed by atoms with van der Waals surface area (Å²) in [6.07, 6.45) is 4.86. The normalized spacial score (nSPS) is 22.5. The van der Waals surface area contributed by atoms with Crippen molar-refractivity contribution < 1.29 is 4.79 Å². The predicted molar refractivity (Wildman–Crippen MR) is 62.0 cm³/mol. The zero-order chi connectivity index (χ0) is 10.7. The highest BCUT2D eigenvalue weighted by atomic mass is 16.1. The van der Waals surface area contributed by atoms with Gasteiger partial charge in [-0.2, -0.15) is 0 Å². The van der Waals surface area contributed by atoms with Crippen LogP contribution in [-0.2, 0) is 4.79 Å². The van der Waals surface area contributed by atoms with Crippen molar-refractivity contribution in [1.82, 2.24) is 0 Å². The lowest BCUT2D eigenvalue weighted by molar-refractivity contribution is -0.118. The zero-order valence-electron chi connectivity index (χ0n) is 9.33. The highest BCUT2D eigenvalue weighted by Crippen LogP contribution is 2.30. The van der Waals surface area contributed by atoms with Gasteiger partial charge in [0.1, 0.15) is 5.78 Å². The van der Waals surface area contributed by atoms with Crippen molar-refractivity contribution in [1.29, 1.82) is 0 Å². The van der Waals surface area contributed by atoms with E-state index in [1.807, 2.05) is 0 Å². The lowest BCUT2D eigenvalue weighted by Crippen LogP contribution is -1.98. The third-order valence-corrected chi connectivity index (χ3v) is 3.29. The second kappa shape index (κ2) is 4.61. The molecule has 1 aromatic carbocycles. The SMILES string of the molecule is Cc1cccc([C@H]2CCCC(=O)CC2)c1. The number of ketones is 1. The first-order valence-electron chi connectivity index (χ1n) is 5.84. The predicted octanol–water partition coefficient (Wildman–Crippen LogP) is 3.61. The number of hydrogen-bond acceptors (Lipinski definition) is 1. The van der Waals surface area contributed by atoms with Gasteiger partial charge in [0.05, 0.1) is 0 Å². The van der Waals surface area contributed by atoms with Crippen LogP contribution < -0.4 is 0 Å². The molecule has 15 heavy (non-hydrogen) atoms. The van der Waals surface area contributed by atoms with Crippen LogP contribution in [0.25, 0.3) is 0 Å². The number of Topliss-reactive ketones (excluding diaryl/α,β-unsaturated/α-hetero) is 1. The number of carbonyl (C=O) groups is 1. The summed E-state index contributed by atoms with van der Waals surface area (Å²) >= 11 is 0. The fraction of sp³-hybridized carbons (Fsp3) is 0.500. The molecule has 0 N–H and O–H groups in total. The Morgan fingerprint density at radius 3 is 2.87 bits per heavy atom. The van der Waals surface area contributed by atoms with Crippen molar-refractivity contribution in [3.63, 3.8) is 0 Å². The molecule has 1 fully saturated rings. The minimum Gasteiger partial charge on any atom is -0.300 e. The highest BCUT2D eigenvalue weighted by Gasteiger charge is 2.17. The van der Waals surface area contributed by atoms with Crippen LogP contribution >= 0.6 is 0 Å². The molecule has 0 unspecified atom stereocenters. The van der Waals surface area contributed by atoms with Crippen LogP contribution in [0.5, 0.6) is 0 Å². The van der Waals surface area contributed by atoms with E-state index in [1.54, 1.807) is 0 Å². The number of hydrogen-bond donors (Lipinski definition) is 0. The molecule has 0 aliphatic heterocycles. The standard InChI is InChI=1S/C14H18O/c1-11-4-2-6-13(10-11)12-5-3-7-14(15)9-8-12/h2,4,6,10,12H,3,5,7-9H2,1H3/t12-/m0/s1. The molecular weight excluding hydrogens is 184 g/mol. The Labute approximate surface area is 91.5 Å². The fourth-order valence-electron chi connectivity index (χ4n) is 2.41. The van der Waals surface area contributed by atoms with Gasteiger partial charge in [-0.15, -0.1) is 0 Å². The first-order valence-corrected chi connectivity index (χ1v) is 5.84. The van der Waals surface area contributed by atoms with Gasteiger partial charge in [0.25, 0.3) is 0 Å². The maximum Gasteiger partial charge on any atom is 0.132 e. The molecule has 0 bridgehead atoms. The van der Waals surface area contributed by atoms with Crippen molar-refractivity contribution in [2.75, 3.05) is 0 Å². The summed E-state index contributed by atoms with van der Waals surface area (Å²) in [7, 11) is 0. The molecule has 0 radical (unpaired) electrons.